The fourth-order valence-corrected chi connectivity index (χ4v) is 4.94. The van der Waals surface area contributed by atoms with Gasteiger partial charge < -0.3 is 19.9 Å². The van der Waals surface area contributed by atoms with E-state index in [1.54, 1.807) is 34.9 Å². The van der Waals surface area contributed by atoms with Gasteiger partial charge in [-0.25, -0.2) is 5.43 Å². The Labute approximate surface area is 247 Å². The van der Waals surface area contributed by atoms with E-state index in [1.807, 2.05) is 49.4 Å². The van der Waals surface area contributed by atoms with Crippen molar-refractivity contribution in [2.75, 3.05) is 20.9 Å². The maximum atomic E-state index is 13.8. The van der Waals surface area contributed by atoms with Crippen LogP contribution in [0.15, 0.2) is 36.4 Å². The molecule has 230 valence electrons. The molecule has 1 aliphatic rings. The van der Waals surface area contributed by atoms with Crippen LogP contribution in [0.25, 0.3) is 17.0 Å². The number of hydrogen-bond acceptors (Lipinski definition) is 9. The molecule has 11 heteroatoms. The van der Waals surface area contributed by atoms with Gasteiger partial charge >= 0.3 is 5.97 Å². The fourth-order valence-electron chi connectivity index (χ4n) is 4.94. The number of methoxy groups -OCH3 is 1. The lowest BCUT2D eigenvalue weighted by molar-refractivity contribution is -0.168. The standard InChI is InChI=1S/C31H45N5O6/c1-19(2)27(29(39)34-21(4)28(38)36-32-5)42-30(40)31(15-12-24(37)13-16-31)14-11-22-7-8-23-9-10-25(35-26(23)17-22)20(3)33-18-41-6/h7-11,14,17,19-21,24,27,32-33,37H,12-13,15-16,18H2,1-6H3,(H,34,39)(H,36,38)/b14-11+/t20-,21+,24?,27+,31?/m1/s1. The minimum atomic E-state index is -1.09. The Morgan fingerprint density at radius 2 is 1.79 bits per heavy atom. The summed E-state index contributed by atoms with van der Waals surface area (Å²) >= 11 is 0. The van der Waals surface area contributed by atoms with Crippen molar-refractivity contribution in [1.82, 2.24) is 26.5 Å². The van der Waals surface area contributed by atoms with E-state index in [0.717, 1.165) is 22.2 Å². The molecule has 11 nitrogen and oxygen atoms in total. The number of benzene rings is 1. The zero-order valence-corrected chi connectivity index (χ0v) is 25.4. The second kappa shape index (κ2) is 15.2. The largest absolute Gasteiger partial charge is 0.451 e. The molecule has 0 bridgehead atoms. The van der Waals surface area contributed by atoms with Crippen molar-refractivity contribution in [2.24, 2.45) is 11.3 Å². The third kappa shape index (κ3) is 8.57. The third-order valence-electron chi connectivity index (χ3n) is 7.66. The molecule has 42 heavy (non-hydrogen) atoms. The Balaban J connectivity index is 1.84. The van der Waals surface area contributed by atoms with Crippen LogP contribution in [0.2, 0.25) is 0 Å². The SMILES string of the molecule is CNNC(=O)[C@H](C)NC(=O)[C@@H](OC(=O)C1(/C=C/c2ccc3ccc([C@@H](C)NCOC)nc3c2)CCC(O)CC1)C(C)C. The summed E-state index contributed by atoms with van der Waals surface area (Å²) in [6, 6.07) is 9.11. The number of nitrogens with one attached hydrogen (secondary N) is 4. The Bertz CT molecular complexity index is 1260. The highest BCUT2D eigenvalue weighted by Gasteiger charge is 2.43. The monoisotopic (exact) mass is 583 g/mol. The van der Waals surface area contributed by atoms with Crippen LogP contribution in [0.5, 0.6) is 0 Å². The topological polar surface area (TPSA) is 151 Å². The maximum Gasteiger partial charge on any atom is 0.316 e. The molecule has 1 saturated carbocycles. The molecular weight excluding hydrogens is 538 g/mol. The van der Waals surface area contributed by atoms with E-state index in [1.165, 1.54) is 0 Å². The predicted octanol–water partition coefficient (Wildman–Crippen LogP) is 2.75. The summed E-state index contributed by atoms with van der Waals surface area (Å²) in [4.78, 5) is 43.7. The first-order chi connectivity index (χ1) is 20.0. The van der Waals surface area contributed by atoms with Crippen LogP contribution in [-0.4, -0.2) is 67.0 Å². The van der Waals surface area contributed by atoms with Crippen LogP contribution >= 0.6 is 0 Å². The van der Waals surface area contributed by atoms with Gasteiger partial charge in [0.05, 0.1) is 29.5 Å². The lowest BCUT2D eigenvalue weighted by Gasteiger charge is -2.36. The minimum Gasteiger partial charge on any atom is -0.451 e. The number of fused-ring (bicyclic) bond motifs is 1. The second-order valence-electron chi connectivity index (χ2n) is 11.3. The van der Waals surface area contributed by atoms with Gasteiger partial charge in [-0.3, -0.25) is 30.1 Å². The number of carbonyl (C=O) groups excluding carboxylic acids is 3. The third-order valence-corrected chi connectivity index (χ3v) is 7.66. The van der Waals surface area contributed by atoms with Crippen LogP contribution < -0.4 is 21.5 Å². The van der Waals surface area contributed by atoms with Gasteiger partial charge in [0.25, 0.3) is 11.8 Å². The van der Waals surface area contributed by atoms with Gasteiger partial charge in [-0.15, -0.1) is 0 Å². The average molecular weight is 584 g/mol. The van der Waals surface area contributed by atoms with Crippen LogP contribution in [0.1, 0.15) is 70.7 Å². The van der Waals surface area contributed by atoms with E-state index < -0.39 is 41.4 Å². The molecule has 0 unspecified atom stereocenters. The second-order valence-corrected chi connectivity index (χ2v) is 11.3. The van der Waals surface area contributed by atoms with Crippen molar-refractivity contribution in [2.45, 2.75) is 77.7 Å². The first-order valence-electron chi connectivity index (χ1n) is 14.5. The van der Waals surface area contributed by atoms with Crippen LogP contribution in [0.3, 0.4) is 0 Å². The van der Waals surface area contributed by atoms with E-state index in [4.69, 9.17) is 14.5 Å². The molecule has 3 atom stereocenters. The first kappa shape index (κ1) is 33.1. The van der Waals surface area contributed by atoms with E-state index in [2.05, 4.69) is 21.5 Å². The highest BCUT2D eigenvalue weighted by atomic mass is 16.6. The van der Waals surface area contributed by atoms with Gasteiger partial charge in [0.15, 0.2) is 6.10 Å². The molecule has 0 aliphatic heterocycles. The molecule has 1 aromatic carbocycles. The summed E-state index contributed by atoms with van der Waals surface area (Å²) in [6.45, 7) is 7.55. The normalized spacial score (nSPS) is 21.2. The lowest BCUT2D eigenvalue weighted by atomic mass is 9.72. The highest BCUT2D eigenvalue weighted by molar-refractivity contribution is 5.91. The number of aliphatic hydroxyl groups excluding tert-OH is 1. The highest BCUT2D eigenvalue weighted by Crippen LogP contribution is 2.40. The summed E-state index contributed by atoms with van der Waals surface area (Å²) < 4.78 is 11.0. The van der Waals surface area contributed by atoms with E-state index >= 15 is 0 Å². The first-order valence-corrected chi connectivity index (χ1v) is 14.5. The predicted molar refractivity (Wildman–Crippen MR) is 161 cm³/mol. The number of amides is 2. The van der Waals surface area contributed by atoms with Crippen molar-refractivity contribution in [1.29, 1.82) is 0 Å². The van der Waals surface area contributed by atoms with E-state index in [9.17, 15) is 19.5 Å². The van der Waals surface area contributed by atoms with Crippen LogP contribution in [0.4, 0.5) is 0 Å². The van der Waals surface area contributed by atoms with E-state index in [0.29, 0.717) is 32.4 Å². The summed E-state index contributed by atoms with van der Waals surface area (Å²) in [5.41, 5.74) is 6.53. The number of carbonyl (C=O) groups is 3. The van der Waals surface area contributed by atoms with Crippen LogP contribution in [-0.2, 0) is 23.9 Å². The summed E-state index contributed by atoms with van der Waals surface area (Å²) in [5, 5.41) is 17.1. The molecule has 1 aliphatic carbocycles. The number of nitrogens with zero attached hydrogens (tertiary/aromatic N) is 1. The van der Waals surface area contributed by atoms with Gasteiger partial charge in [-0.05, 0) is 63.1 Å². The summed E-state index contributed by atoms with van der Waals surface area (Å²) in [5.74, 6) is -1.81. The van der Waals surface area contributed by atoms with Crippen molar-refractivity contribution in [3.05, 3.63) is 47.7 Å². The Morgan fingerprint density at radius 3 is 2.43 bits per heavy atom. The molecule has 3 rings (SSSR count). The zero-order chi connectivity index (χ0) is 30.9. The number of pyridine rings is 1. The van der Waals surface area contributed by atoms with Gasteiger partial charge in [0.1, 0.15) is 6.04 Å². The molecule has 1 fully saturated rings. The van der Waals surface area contributed by atoms with E-state index in [-0.39, 0.29) is 12.0 Å². The Kier molecular flexibility index (Phi) is 12.0. The molecular formula is C31H45N5O6. The van der Waals surface area contributed by atoms with Gasteiger partial charge in [-0.1, -0.05) is 44.2 Å². The summed E-state index contributed by atoms with van der Waals surface area (Å²) in [7, 11) is 3.18. The zero-order valence-electron chi connectivity index (χ0n) is 25.4. The number of aromatic nitrogens is 1. The van der Waals surface area contributed by atoms with Crippen molar-refractivity contribution in [3.8, 4) is 0 Å². The molecule has 1 heterocycles. The maximum absolute atomic E-state index is 13.8. The molecule has 2 aromatic rings. The van der Waals surface area contributed by atoms with Crippen molar-refractivity contribution < 1.29 is 29.0 Å². The van der Waals surface area contributed by atoms with Crippen molar-refractivity contribution >= 4 is 34.8 Å². The molecule has 0 spiro atoms. The quantitative estimate of drug-likeness (QED) is 0.136. The Morgan fingerprint density at radius 1 is 1.10 bits per heavy atom. The summed E-state index contributed by atoms with van der Waals surface area (Å²) in [6.07, 6.45) is 3.79. The molecule has 0 radical (unpaired) electrons. The number of hydrogen-bond donors (Lipinski definition) is 5. The minimum absolute atomic E-state index is 0.00652. The van der Waals surface area contributed by atoms with Crippen molar-refractivity contribution in [3.63, 3.8) is 0 Å². The molecule has 0 saturated heterocycles. The molecule has 2 amide bonds. The van der Waals surface area contributed by atoms with Gasteiger partial charge in [0.2, 0.25) is 0 Å². The van der Waals surface area contributed by atoms with Gasteiger partial charge in [-0.2, -0.15) is 0 Å². The smallest absolute Gasteiger partial charge is 0.316 e. The number of rotatable bonds is 13. The number of hydrazine groups is 1. The number of esters is 1. The Hall–Kier alpha value is -3.38. The number of ether oxygens (including phenoxy) is 2. The fraction of sp³-hybridized carbons (Fsp3) is 0.548. The van der Waals surface area contributed by atoms with Crippen LogP contribution in [0, 0.1) is 11.3 Å². The lowest BCUT2D eigenvalue weighted by Crippen LogP contribution is -2.52. The van der Waals surface area contributed by atoms with Gasteiger partial charge in [0, 0.05) is 25.6 Å². The molecule has 5 N–H and O–H groups in total. The molecule has 1 aromatic heterocycles. The average Bonchev–Trinajstić information content (AvgIpc) is 2.97. The number of aliphatic hydroxyl groups is 1.